The van der Waals surface area contributed by atoms with E-state index in [0.717, 1.165) is 25.9 Å². The maximum absolute atomic E-state index is 12.5. The minimum Gasteiger partial charge on any atom is -0.489 e. The van der Waals surface area contributed by atoms with Crippen LogP contribution in [0.25, 0.3) is 0 Å². The molecule has 2 rings (SSSR count). The Morgan fingerprint density at radius 1 is 1.38 bits per heavy atom. The summed E-state index contributed by atoms with van der Waals surface area (Å²) in [6.45, 7) is 7.67. The van der Waals surface area contributed by atoms with Crippen LogP contribution in [-0.2, 0) is 4.79 Å². The van der Waals surface area contributed by atoms with E-state index in [4.69, 9.17) is 16.3 Å². The highest BCUT2D eigenvalue weighted by Crippen LogP contribution is 2.32. The first-order chi connectivity index (χ1) is 9.90. The quantitative estimate of drug-likeness (QED) is 0.895. The van der Waals surface area contributed by atoms with Gasteiger partial charge in [0.1, 0.15) is 5.75 Å². The molecule has 116 valence electrons. The Morgan fingerprint density at radius 3 is 2.62 bits per heavy atom. The number of amides is 1. The first kappa shape index (κ1) is 16.1. The summed E-state index contributed by atoms with van der Waals surface area (Å²) < 4.78 is 5.59. The SMILES string of the molecule is CC(C)Oc1ccc(NC(=O)C2(C)CCNCC2)cc1Cl. The normalized spacial score (nSPS) is 17.6. The Bertz CT molecular complexity index is 511. The largest absolute Gasteiger partial charge is 0.489 e. The minimum absolute atomic E-state index is 0.0533. The van der Waals surface area contributed by atoms with Gasteiger partial charge in [-0.1, -0.05) is 18.5 Å². The van der Waals surface area contributed by atoms with Crippen molar-refractivity contribution >= 4 is 23.2 Å². The van der Waals surface area contributed by atoms with Gasteiger partial charge in [0.05, 0.1) is 11.1 Å². The molecule has 0 spiro atoms. The van der Waals surface area contributed by atoms with Gasteiger partial charge >= 0.3 is 0 Å². The van der Waals surface area contributed by atoms with Crippen molar-refractivity contribution in [1.29, 1.82) is 0 Å². The monoisotopic (exact) mass is 310 g/mol. The lowest BCUT2D eigenvalue weighted by Gasteiger charge is -2.32. The van der Waals surface area contributed by atoms with Crippen LogP contribution < -0.4 is 15.4 Å². The fourth-order valence-electron chi connectivity index (χ4n) is 2.42. The second-order valence-corrected chi connectivity index (χ2v) is 6.48. The molecule has 0 bridgehead atoms. The summed E-state index contributed by atoms with van der Waals surface area (Å²) in [5.41, 5.74) is 0.394. The predicted molar refractivity (Wildman–Crippen MR) is 86.1 cm³/mol. The lowest BCUT2D eigenvalue weighted by atomic mass is 9.80. The molecule has 21 heavy (non-hydrogen) atoms. The van der Waals surface area contributed by atoms with Crippen LogP contribution >= 0.6 is 11.6 Å². The third-order valence-electron chi connectivity index (χ3n) is 3.81. The van der Waals surface area contributed by atoms with Crippen molar-refractivity contribution in [3.05, 3.63) is 23.2 Å². The highest BCUT2D eigenvalue weighted by atomic mass is 35.5. The average molecular weight is 311 g/mol. The Hall–Kier alpha value is -1.26. The molecule has 1 heterocycles. The van der Waals surface area contributed by atoms with Crippen molar-refractivity contribution in [3.63, 3.8) is 0 Å². The number of hydrogen-bond acceptors (Lipinski definition) is 3. The Morgan fingerprint density at radius 2 is 2.05 bits per heavy atom. The molecule has 1 aliphatic rings. The zero-order valence-corrected chi connectivity index (χ0v) is 13.6. The number of hydrogen-bond donors (Lipinski definition) is 2. The number of ether oxygens (including phenoxy) is 1. The summed E-state index contributed by atoms with van der Waals surface area (Å²) in [5, 5.41) is 6.75. The second kappa shape index (κ2) is 6.67. The van der Waals surface area contributed by atoms with E-state index >= 15 is 0 Å². The minimum atomic E-state index is -0.315. The van der Waals surface area contributed by atoms with Crippen molar-refractivity contribution < 1.29 is 9.53 Å². The molecule has 0 saturated carbocycles. The van der Waals surface area contributed by atoms with Crippen LogP contribution in [0.2, 0.25) is 5.02 Å². The summed E-state index contributed by atoms with van der Waals surface area (Å²) in [5.74, 6) is 0.690. The van der Waals surface area contributed by atoms with Gasteiger partial charge in [-0.2, -0.15) is 0 Å². The number of benzene rings is 1. The Kier molecular flexibility index (Phi) is 5.12. The number of nitrogens with one attached hydrogen (secondary N) is 2. The first-order valence-electron chi connectivity index (χ1n) is 7.39. The molecule has 0 aliphatic carbocycles. The summed E-state index contributed by atoms with van der Waals surface area (Å²) in [6.07, 6.45) is 1.76. The molecule has 1 aromatic carbocycles. The van der Waals surface area contributed by atoms with E-state index in [1.807, 2.05) is 26.8 Å². The molecule has 4 nitrogen and oxygen atoms in total. The van der Waals surface area contributed by atoms with Gasteiger partial charge in [-0.25, -0.2) is 0 Å². The van der Waals surface area contributed by atoms with E-state index in [0.29, 0.717) is 16.5 Å². The van der Waals surface area contributed by atoms with E-state index in [2.05, 4.69) is 10.6 Å². The van der Waals surface area contributed by atoms with Crippen molar-refractivity contribution in [2.24, 2.45) is 5.41 Å². The van der Waals surface area contributed by atoms with Crippen LogP contribution in [0, 0.1) is 5.41 Å². The molecule has 1 fully saturated rings. The number of rotatable bonds is 4. The molecule has 0 radical (unpaired) electrons. The van der Waals surface area contributed by atoms with Gasteiger partial charge in [0.2, 0.25) is 5.91 Å². The molecule has 0 unspecified atom stereocenters. The molecule has 1 amide bonds. The predicted octanol–water partition coefficient (Wildman–Crippen LogP) is 3.46. The Balaban J connectivity index is 2.05. The van der Waals surface area contributed by atoms with Gasteiger partial charge < -0.3 is 15.4 Å². The average Bonchev–Trinajstić information content (AvgIpc) is 2.42. The van der Waals surface area contributed by atoms with Gasteiger partial charge in [0.25, 0.3) is 0 Å². The fraction of sp³-hybridized carbons (Fsp3) is 0.562. The maximum Gasteiger partial charge on any atom is 0.230 e. The van der Waals surface area contributed by atoms with Crippen LogP contribution in [0.15, 0.2) is 18.2 Å². The van der Waals surface area contributed by atoms with E-state index in [-0.39, 0.29) is 17.4 Å². The van der Waals surface area contributed by atoms with Crippen LogP contribution in [0.1, 0.15) is 33.6 Å². The van der Waals surface area contributed by atoms with Crippen LogP contribution in [0.5, 0.6) is 5.75 Å². The summed E-state index contributed by atoms with van der Waals surface area (Å²) in [4.78, 5) is 12.5. The summed E-state index contributed by atoms with van der Waals surface area (Å²) in [7, 11) is 0. The smallest absolute Gasteiger partial charge is 0.230 e. The highest BCUT2D eigenvalue weighted by Gasteiger charge is 2.34. The fourth-order valence-corrected chi connectivity index (χ4v) is 2.64. The van der Waals surface area contributed by atoms with Crippen molar-refractivity contribution in [1.82, 2.24) is 5.32 Å². The number of carbonyl (C=O) groups excluding carboxylic acids is 1. The molecule has 5 heteroatoms. The second-order valence-electron chi connectivity index (χ2n) is 6.08. The molecule has 1 aromatic rings. The van der Waals surface area contributed by atoms with Crippen molar-refractivity contribution in [2.45, 2.75) is 39.7 Å². The van der Waals surface area contributed by atoms with Crippen molar-refractivity contribution in [2.75, 3.05) is 18.4 Å². The van der Waals surface area contributed by atoms with Crippen LogP contribution in [-0.4, -0.2) is 25.1 Å². The van der Waals surface area contributed by atoms with E-state index < -0.39 is 0 Å². The van der Waals surface area contributed by atoms with E-state index in [1.165, 1.54) is 0 Å². The summed E-state index contributed by atoms with van der Waals surface area (Å²) in [6, 6.07) is 5.36. The molecular weight excluding hydrogens is 288 g/mol. The lowest BCUT2D eigenvalue weighted by Crippen LogP contribution is -2.42. The van der Waals surface area contributed by atoms with Crippen molar-refractivity contribution in [3.8, 4) is 5.75 Å². The van der Waals surface area contributed by atoms with Gasteiger partial charge in [0.15, 0.2) is 0 Å². The van der Waals surface area contributed by atoms with Gasteiger partial charge in [0, 0.05) is 11.1 Å². The zero-order valence-electron chi connectivity index (χ0n) is 12.8. The molecule has 0 atom stereocenters. The molecular formula is C16H23ClN2O2. The third-order valence-corrected chi connectivity index (χ3v) is 4.10. The number of carbonyl (C=O) groups is 1. The molecule has 2 N–H and O–H groups in total. The summed E-state index contributed by atoms with van der Waals surface area (Å²) >= 11 is 6.19. The molecule has 0 aromatic heterocycles. The molecule has 1 aliphatic heterocycles. The van der Waals surface area contributed by atoms with Gasteiger partial charge in [-0.15, -0.1) is 0 Å². The number of halogens is 1. The van der Waals surface area contributed by atoms with Crippen LogP contribution in [0.3, 0.4) is 0 Å². The zero-order chi connectivity index (χ0) is 15.5. The van der Waals surface area contributed by atoms with Gasteiger partial charge in [-0.05, 0) is 58.0 Å². The first-order valence-corrected chi connectivity index (χ1v) is 7.77. The highest BCUT2D eigenvalue weighted by molar-refractivity contribution is 6.32. The number of piperidine rings is 1. The Labute approximate surface area is 131 Å². The maximum atomic E-state index is 12.5. The lowest BCUT2D eigenvalue weighted by molar-refractivity contribution is -0.126. The number of anilines is 1. The van der Waals surface area contributed by atoms with E-state index in [1.54, 1.807) is 12.1 Å². The molecule has 1 saturated heterocycles. The third kappa shape index (κ3) is 4.11. The standard InChI is InChI=1S/C16H23ClN2O2/c1-11(2)21-14-5-4-12(10-13(14)17)19-15(20)16(3)6-8-18-9-7-16/h4-5,10-11,18H,6-9H2,1-3H3,(H,19,20). The topological polar surface area (TPSA) is 50.4 Å². The van der Waals surface area contributed by atoms with Gasteiger partial charge in [-0.3, -0.25) is 4.79 Å². The van der Waals surface area contributed by atoms with E-state index in [9.17, 15) is 4.79 Å². The van der Waals surface area contributed by atoms with Crippen LogP contribution in [0.4, 0.5) is 5.69 Å².